The molecule has 2 aromatic rings. The number of hydrogen-bond acceptors (Lipinski definition) is 4. The van der Waals surface area contributed by atoms with Gasteiger partial charge >= 0.3 is 0 Å². The maximum atomic E-state index is 11.9. The van der Waals surface area contributed by atoms with Crippen molar-refractivity contribution < 1.29 is 9.59 Å². The highest BCUT2D eigenvalue weighted by molar-refractivity contribution is 5.83. The monoisotopic (exact) mass is 324 g/mol. The third-order valence-electron chi connectivity index (χ3n) is 4.05. The summed E-state index contributed by atoms with van der Waals surface area (Å²) in [6.45, 7) is 1.38. The molecule has 2 N–H and O–H groups in total. The van der Waals surface area contributed by atoms with E-state index in [0.717, 1.165) is 36.1 Å². The van der Waals surface area contributed by atoms with Gasteiger partial charge in [0.2, 0.25) is 11.8 Å². The largest absolute Gasteiger partial charge is 0.348 e. The number of benzene rings is 1. The lowest BCUT2D eigenvalue weighted by molar-refractivity contribution is -0.125. The number of aromatic nitrogens is 2. The zero-order valence-electron chi connectivity index (χ0n) is 13.6. The summed E-state index contributed by atoms with van der Waals surface area (Å²) < 4.78 is 0. The van der Waals surface area contributed by atoms with Crippen molar-refractivity contribution >= 4 is 11.8 Å². The number of carbonyl (C=O) groups is 2. The molecule has 0 saturated carbocycles. The predicted octanol–water partition coefficient (Wildman–Crippen LogP) is 1.77. The fourth-order valence-electron chi connectivity index (χ4n) is 2.87. The summed E-state index contributed by atoms with van der Waals surface area (Å²) in [4.78, 5) is 32.0. The van der Waals surface area contributed by atoms with Crippen molar-refractivity contribution in [1.29, 1.82) is 0 Å². The number of nitrogens with one attached hydrogen (secondary N) is 2. The Morgan fingerprint density at radius 1 is 1.25 bits per heavy atom. The van der Waals surface area contributed by atoms with Crippen LogP contribution in [0.5, 0.6) is 0 Å². The van der Waals surface area contributed by atoms with E-state index in [1.54, 1.807) is 0 Å². The van der Waals surface area contributed by atoms with Crippen LogP contribution >= 0.6 is 0 Å². The molecule has 1 aromatic carbocycles. The molecule has 2 amide bonds. The Kier molecular flexibility index (Phi) is 4.84. The summed E-state index contributed by atoms with van der Waals surface area (Å²) in [7, 11) is 0. The van der Waals surface area contributed by atoms with Crippen LogP contribution in [0.4, 0.5) is 0 Å². The van der Waals surface area contributed by atoms with Gasteiger partial charge in [0.15, 0.2) is 5.82 Å². The number of aryl methyl sites for hydroxylation is 1. The number of carbonyl (C=O) groups excluding carboxylic acids is 2. The lowest BCUT2D eigenvalue weighted by Crippen LogP contribution is -2.39. The Bertz CT molecular complexity index is 746. The van der Waals surface area contributed by atoms with E-state index >= 15 is 0 Å². The molecule has 3 rings (SSSR count). The first-order valence-electron chi connectivity index (χ1n) is 8.08. The van der Waals surface area contributed by atoms with Gasteiger partial charge in [-0.1, -0.05) is 30.3 Å². The first kappa shape index (κ1) is 16.1. The molecule has 1 aromatic heterocycles. The standard InChI is InChI=1S/C18H20N4O2/c1-12(23)19-11-17(24)21-15-8-5-9-16-14(15)10-20-18(22-16)13-6-3-2-4-7-13/h2-4,6-7,10,15H,5,8-9,11H2,1H3,(H,19,23)(H,21,24). The van der Waals surface area contributed by atoms with E-state index < -0.39 is 0 Å². The minimum Gasteiger partial charge on any atom is -0.348 e. The fraction of sp³-hybridized carbons (Fsp3) is 0.333. The van der Waals surface area contributed by atoms with Gasteiger partial charge in [-0.2, -0.15) is 0 Å². The van der Waals surface area contributed by atoms with Crippen LogP contribution < -0.4 is 10.6 Å². The van der Waals surface area contributed by atoms with Gasteiger partial charge in [0.05, 0.1) is 12.6 Å². The molecule has 6 nitrogen and oxygen atoms in total. The molecular formula is C18H20N4O2. The van der Waals surface area contributed by atoms with Crippen molar-refractivity contribution in [3.8, 4) is 11.4 Å². The summed E-state index contributed by atoms with van der Waals surface area (Å²) >= 11 is 0. The maximum absolute atomic E-state index is 11.9. The van der Waals surface area contributed by atoms with Crippen molar-refractivity contribution in [2.75, 3.05) is 6.54 Å². The smallest absolute Gasteiger partial charge is 0.239 e. The second-order valence-electron chi connectivity index (χ2n) is 5.88. The molecule has 0 saturated heterocycles. The Morgan fingerprint density at radius 2 is 2.04 bits per heavy atom. The molecule has 6 heteroatoms. The van der Waals surface area contributed by atoms with Crippen molar-refractivity contribution in [1.82, 2.24) is 20.6 Å². The first-order chi connectivity index (χ1) is 11.6. The number of nitrogens with zero attached hydrogens (tertiary/aromatic N) is 2. The number of amides is 2. The molecule has 0 spiro atoms. The Hall–Kier alpha value is -2.76. The van der Waals surface area contributed by atoms with Crippen LogP contribution in [0.25, 0.3) is 11.4 Å². The zero-order valence-corrected chi connectivity index (χ0v) is 13.6. The number of fused-ring (bicyclic) bond motifs is 1. The average Bonchev–Trinajstić information content (AvgIpc) is 2.60. The molecule has 0 fully saturated rings. The van der Waals surface area contributed by atoms with E-state index in [1.807, 2.05) is 36.5 Å². The second kappa shape index (κ2) is 7.21. The third kappa shape index (κ3) is 3.76. The van der Waals surface area contributed by atoms with E-state index in [4.69, 9.17) is 0 Å². The highest BCUT2D eigenvalue weighted by atomic mass is 16.2. The van der Waals surface area contributed by atoms with E-state index in [1.165, 1.54) is 6.92 Å². The minimum atomic E-state index is -0.218. The predicted molar refractivity (Wildman–Crippen MR) is 90.0 cm³/mol. The van der Waals surface area contributed by atoms with Gasteiger partial charge in [-0.15, -0.1) is 0 Å². The van der Waals surface area contributed by atoms with Gasteiger partial charge in [-0.3, -0.25) is 9.59 Å². The van der Waals surface area contributed by atoms with Crippen LogP contribution in [0.1, 0.15) is 37.1 Å². The van der Waals surface area contributed by atoms with Crippen molar-refractivity contribution in [3.63, 3.8) is 0 Å². The summed E-state index contributed by atoms with van der Waals surface area (Å²) in [6, 6.07) is 9.75. The molecule has 1 atom stereocenters. The van der Waals surface area contributed by atoms with Crippen molar-refractivity contribution in [2.24, 2.45) is 0 Å². The van der Waals surface area contributed by atoms with Crippen LogP contribution in [0, 0.1) is 0 Å². The summed E-state index contributed by atoms with van der Waals surface area (Å²) in [5.74, 6) is 0.291. The van der Waals surface area contributed by atoms with Crippen LogP contribution in [0.15, 0.2) is 36.5 Å². The first-order valence-corrected chi connectivity index (χ1v) is 8.08. The van der Waals surface area contributed by atoms with Gasteiger partial charge in [0.25, 0.3) is 0 Å². The van der Waals surface area contributed by atoms with Gasteiger partial charge in [-0.05, 0) is 19.3 Å². The lowest BCUT2D eigenvalue weighted by atomic mass is 9.92. The van der Waals surface area contributed by atoms with Crippen molar-refractivity contribution in [2.45, 2.75) is 32.2 Å². The van der Waals surface area contributed by atoms with Crippen LogP contribution in [0.2, 0.25) is 0 Å². The molecule has 1 unspecified atom stereocenters. The molecule has 24 heavy (non-hydrogen) atoms. The van der Waals surface area contributed by atoms with E-state index in [0.29, 0.717) is 5.82 Å². The SMILES string of the molecule is CC(=O)NCC(=O)NC1CCCc2nc(-c3ccccc3)ncc21. The van der Waals surface area contributed by atoms with Crippen LogP contribution in [-0.2, 0) is 16.0 Å². The van der Waals surface area contributed by atoms with E-state index in [2.05, 4.69) is 20.6 Å². The van der Waals surface area contributed by atoms with Gasteiger partial charge in [0.1, 0.15) is 0 Å². The molecule has 1 heterocycles. The van der Waals surface area contributed by atoms with E-state index in [9.17, 15) is 9.59 Å². The van der Waals surface area contributed by atoms with Crippen LogP contribution in [0.3, 0.4) is 0 Å². The highest BCUT2D eigenvalue weighted by Crippen LogP contribution is 2.29. The van der Waals surface area contributed by atoms with Crippen LogP contribution in [-0.4, -0.2) is 28.3 Å². The molecule has 1 aliphatic rings. The van der Waals surface area contributed by atoms with Gasteiger partial charge in [-0.25, -0.2) is 9.97 Å². The Balaban J connectivity index is 1.76. The summed E-state index contributed by atoms with van der Waals surface area (Å²) in [6.07, 6.45) is 4.51. The Morgan fingerprint density at radius 3 is 2.79 bits per heavy atom. The second-order valence-corrected chi connectivity index (χ2v) is 5.88. The quantitative estimate of drug-likeness (QED) is 0.898. The molecule has 0 aliphatic heterocycles. The van der Waals surface area contributed by atoms with Gasteiger partial charge < -0.3 is 10.6 Å². The molecular weight excluding hydrogens is 304 g/mol. The third-order valence-corrected chi connectivity index (χ3v) is 4.05. The number of rotatable bonds is 4. The van der Waals surface area contributed by atoms with Crippen molar-refractivity contribution in [3.05, 3.63) is 47.8 Å². The highest BCUT2D eigenvalue weighted by Gasteiger charge is 2.24. The molecule has 124 valence electrons. The summed E-state index contributed by atoms with van der Waals surface area (Å²) in [5.41, 5.74) is 2.94. The lowest BCUT2D eigenvalue weighted by Gasteiger charge is -2.25. The zero-order chi connectivity index (χ0) is 16.9. The van der Waals surface area contributed by atoms with E-state index in [-0.39, 0.29) is 24.4 Å². The average molecular weight is 324 g/mol. The normalized spacial score (nSPS) is 16.1. The Labute approximate surface area is 140 Å². The topological polar surface area (TPSA) is 84.0 Å². The molecule has 0 bridgehead atoms. The minimum absolute atomic E-state index is 0.00980. The fourth-order valence-corrected chi connectivity index (χ4v) is 2.87. The number of hydrogen-bond donors (Lipinski definition) is 2. The summed E-state index contributed by atoms with van der Waals surface area (Å²) in [5, 5.41) is 5.46. The van der Waals surface area contributed by atoms with Gasteiger partial charge in [0, 0.05) is 29.9 Å². The maximum Gasteiger partial charge on any atom is 0.239 e. The molecule has 0 radical (unpaired) electrons. The molecule has 1 aliphatic carbocycles.